The molecule has 0 unspecified atom stereocenters. The molecule has 0 aliphatic heterocycles. The van der Waals surface area contributed by atoms with E-state index in [0.717, 1.165) is 6.26 Å². The van der Waals surface area contributed by atoms with Gasteiger partial charge in [-0.2, -0.15) is 0 Å². The van der Waals surface area contributed by atoms with Gasteiger partial charge in [-0.1, -0.05) is 6.07 Å². The van der Waals surface area contributed by atoms with Gasteiger partial charge in [-0.05, 0) is 48.9 Å². The summed E-state index contributed by atoms with van der Waals surface area (Å²) in [5, 5.41) is 2.70. The molecule has 25 heavy (non-hydrogen) atoms. The zero-order chi connectivity index (χ0) is 18.6. The first-order valence-corrected chi connectivity index (χ1v) is 9.17. The second kappa shape index (κ2) is 7.35. The van der Waals surface area contributed by atoms with E-state index in [1.165, 1.54) is 19.2 Å². The van der Waals surface area contributed by atoms with Crippen molar-refractivity contribution in [2.24, 2.45) is 0 Å². The summed E-state index contributed by atoms with van der Waals surface area (Å²) in [5.41, 5.74) is 2.06. The van der Waals surface area contributed by atoms with Crippen LogP contribution in [0.5, 0.6) is 0 Å². The lowest BCUT2D eigenvalue weighted by atomic mass is 10.1. The Hall–Kier alpha value is -2.87. The monoisotopic (exact) mass is 362 g/mol. The highest BCUT2D eigenvalue weighted by Crippen LogP contribution is 2.21. The van der Waals surface area contributed by atoms with E-state index in [1.54, 1.807) is 37.3 Å². The van der Waals surface area contributed by atoms with E-state index in [4.69, 9.17) is 0 Å². The lowest BCUT2D eigenvalue weighted by Crippen LogP contribution is -2.16. The van der Waals surface area contributed by atoms with Crippen molar-refractivity contribution in [2.75, 3.05) is 23.4 Å². The van der Waals surface area contributed by atoms with Gasteiger partial charge < -0.3 is 10.1 Å². The minimum Gasteiger partial charge on any atom is -0.465 e. The third-order valence-corrected chi connectivity index (χ3v) is 4.03. The van der Waals surface area contributed by atoms with Gasteiger partial charge in [0, 0.05) is 11.3 Å². The summed E-state index contributed by atoms with van der Waals surface area (Å²) in [4.78, 5) is 23.8. The largest absolute Gasteiger partial charge is 0.465 e. The first kappa shape index (κ1) is 18.5. The van der Waals surface area contributed by atoms with Crippen molar-refractivity contribution in [1.82, 2.24) is 0 Å². The number of nitrogens with one attached hydrogen (secondary N) is 2. The number of hydrogen-bond donors (Lipinski definition) is 2. The zero-order valence-electron chi connectivity index (χ0n) is 14.0. The molecule has 8 heteroatoms. The Morgan fingerprint density at radius 3 is 2.24 bits per heavy atom. The Bertz CT molecular complexity index is 905. The first-order chi connectivity index (χ1) is 11.7. The average Bonchev–Trinajstić information content (AvgIpc) is 2.55. The van der Waals surface area contributed by atoms with Gasteiger partial charge in [-0.3, -0.25) is 9.52 Å². The third kappa shape index (κ3) is 4.80. The second-order valence-electron chi connectivity index (χ2n) is 5.38. The van der Waals surface area contributed by atoms with Crippen molar-refractivity contribution in [1.29, 1.82) is 0 Å². The van der Waals surface area contributed by atoms with Crippen LogP contribution in [-0.4, -0.2) is 33.7 Å². The van der Waals surface area contributed by atoms with Crippen LogP contribution in [0.3, 0.4) is 0 Å². The molecule has 2 rings (SSSR count). The van der Waals surface area contributed by atoms with Gasteiger partial charge >= 0.3 is 5.97 Å². The smallest absolute Gasteiger partial charge is 0.337 e. The van der Waals surface area contributed by atoms with E-state index in [9.17, 15) is 18.0 Å². The van der Waals surface area contributed by atoms with Gasteiger partial charge in [0.1, 0.15) is 0 Å². The minimum absolute atomic E-state index is 0.339. The van der Waals surface area contributed by atoms with Gasteiger partial charge in [0.2, 0.25) is 10.0 Å². The topological polar surface area (TPSA) is 102 Å². The van der Waals surface area contributed by atoms with Crippen LogP contribution in [0.1, 0.15) is 26.3 Å². The number of carbonyl (C=O) groups excluding carboxylic acids is 2. The molecule has 0 bridgehead atoms. The Morgan fingerprint density at radius 2 is 1.68 bits per heavy atom. The molecule has 1 amide bonds. The van der Waals surface area contributed by atoms with Crippen LogP contribution in [0.2, 0.25) is 0 Å². The van der Waals surface area contributed by atoms with Gasteiger partial charge in [0.05, 0.1) is 24.6 Å². The fourth-order valence-electron chi connectivity index (χ4n) is 2.20. The highest BCUT2D eigenvalue weighted by Gasteiger charge is 2.14. The number of esters is 1. The number of hydrogen-bond acceptors (Lipinski definition) is 5. The molecule has 0 radical (unpaired) electrons. The molecular formula is C17H18N2O5S. The molecule has 0 aliphatic rings. The normalized spacial score (nSPS) is 10.8. The van der Waals surface area contributed by atoms with E-state index in [0.29, 0.717) is 28.1 Å². The van der Waals surface area contributed by atoms with Crippen molar-refractivity contribution in [3.05, 3.63) is 59.2 Å². The highest BCUT2D eigenvalue weighted by molar-refractivity contribution is 7.92. The van der Waals surface area contributed by atoms with Gasteiger partial charge in [-0.25, -0.2) is 13.2 Å². The Balaban J connectivity index is 2.21. The molecule has 0 fully saturated rings. The predicted octanol–water partition coefficient (Wildman–Crippen LogP) is 2.41. The lowest BCUT2D eigenvalue weighted by molar-refractivity contribution is 0.0600. The number of anilines is 2. The maximum absolute atomic E-state index is 12.4. The zero-order valence-corrected chi connectivity index (χ0v) is 14.8. The number of methoxy groups -OCH3 is 1. The average molecular weight is 362 g/mol. The predicted molar refractivity (Wildman–Crippen MR) is 95.4 cm³/mol. The number of benzene rings is 2. The fraction of sp³-hybridized carbons (Fsp3) is 0.176. The number of carbonyl (C=O) groups is 2. The summed E-state index contributed by atoms with van der Waals surface area (Å²) in [5.74, 6) is -0.853. The van der Waals surface area contributed by atoms with Gasteiger partial charge in [-0.15, -0.1) is 0 Å². The van der Waals surface area contributed by atoms with Crippen LogP contribution < -0.4 is 10.0 Å². The van der Waals surface area contributed by atoms with Crippen molar-refractivity contribution < 1.29 is 22.7 Å². The molecule has 0 atom stereocenters. The van der Waals surface area contributed by atoms with Crippen molar-refractivity contribution >= 4 is 33.3 Å². The van der Waals surface area contributed by atoms with Crippen molar-refractivity contribution in [2.45, 2.75) is 6.92 Å². The lowest BCUT2D eigenvalue weighted by Gasteiger charge is -2.12. The summed E-state index contributed by atoms with van der Waals surface area (Å²) >= 11 is 0. The molecule has 0 aliphatic carbocycles. The third-order valence-electron chi connectivity index (χ3n) is 3.44. The van der Waals surface area contributed by atoms with E-state index in [1.807, 2.05) is 0 Å². The molecule has 0 spiro atoms. The standard InChI is InChI=1S/C17H18N2O5S/c1-11-14(5-4-6-15(11)19-25(3,22)23)16(20)18-13-9-7-12(8-10-13)17(21)24-2/h4-10,19H,1-3H3,(H,18,20). The second-order valence-corrected chi connectivity index (χ2v) is 7.12. The molecule has 0 heterocycles. The molecule has 0 saturated heterocycles. The van der Waals surface area contributed by atoms with Crippen LogP contribution in [0, 0.1) is 6.92 Å². The van der Waals surface area contributed by atoms with Gasteiger partial charge in [0.25, 0.3) is 5.91 Å². The molecule has 0 aromatic heterocycles. The van der Waals surface area contributed by atoms with Crippen molar-refractivity contribution in [3.63, 3.8) is 0 Å². The molecule has 2 N–H and O–H groups in total. The van der Waals surface area contributed by atoms with E-state index < -0.39 is 16.0 Å². The van der Waals surface area contributed by atoms with Crippen LogP contribution in [-0.2, 0) is 14.8 Å². The summed E-state index contributed by atoms with van der Waals surface area (Å²) in [7, 11) is -2.15. The highest BCUT2D eigenvalue weighted by atomic mass is 32.2. The number of amides is 1. The minimum atomic E-state index is -3.44. The maximum atomic E-state index is 12.4. The summed E-state index contributed by atoms with van der Waals surface area (Å²) in [6.07, 6.45) is 1.04. The summed E-state index contributed by atoms with van der Waals surface area (Å²) in [6.45, 7) is 1.66. The maximum Gasteiger partial charge on any atom is 0.337 e. The fourth-order valence-corrected chi connectivity index (χ4v) is 2.82. The molecule has 132 valence electrons. The van der Waals surface area contributed by atoms with Gasteiger partial charge in [0.15, 0.2) is 0 Å². The Labute approximate surface area is 146 Å². The first-order valence-electron chi connectivity index (χ1n) is 7.28. The molecule has 0 saturated carbocycles. The van der Waals surface area contributed by atoms with Crippen molar-refractivity contribution in [3.8, 4) is 0 Å². The molecule has 7 nitrogen and oxygen atoms in total. The summed E-state index contributed by atoms with van der Waals surface area (Å²) in [6, 6.07) is 11.0. The Morgan fingerprint density at radius 1 is 1.04 bits per heavy atom. The molecule has 2 aromatic carbocycles. The van der Waals surface area contributed by atoms with Crippen LogP contribution >= 0.6 is 0 Å². The van der Waals surface area contributed by atoms with E-state index in [-0.39, 0.29) is 5.91 Å². The molecular weight excluding hydrogens is 344 g/mol. The Kier molecular flexibility index (Phi) is 5.43. The van der Waals surface area contributed by atoms with Crippen LogP contribution in [0.25, 0.3) is 0 Å². The van der Waals surface area contributed by atoms with E-state index >= 15 is 0 Å². The number of rotatable bonds is 5. The summed E-state index contributed by atoms with van der Waals surface area (Å²) < 4.78 is 29.8. The number of sulfonamides is 1. The number of ether oxygens (including phenoxy) is 1. The van der Waals surface area contributed by atoms with E-state index in [2.05, 4.69) is 14.8 Å². The van der Waals surface area contributed by atoms with Crippen LogP contribution in [0.4, 0.5) is 11.4 Å². The SMILES string of the molecule is COC(=O)c1ccc(NC(=O)c2cccc(NS(C)(=O)=O)c2C)cc1. The van der Waals surface area contributed by atoms with Crippen LogP contribution in [0.15, 0.2) is 42.5 Å². The quantitative estimate of drug-likeness (QED) is 0.795. The molecule has 2 aromatic rings.